The Hall–Kier alpha value is -4.92. The topological polar surface area (TPSA) is 137 Å². The van der Waals surface area contributed by atoms with Gasteiger partial charge in [0.15, 0.2) is 0 Å². The SMILES string of the molecule is CCOc1c(CC(N)=O)cc([C@@](O)(CNC(=O)c2cc(OC)c3nc(C)c(C(F)F)cc3c2)C(F)(F)F)nc1-c1ccc(F)cc1. The summed E-state index contributed by atoms with van der Waals surface area (Å²) in [6.45, 7) is 1.48. The quantitative estimate of drug-likeness (QED) is 0.188. The maximum Gasteiger partial charge on any atom is 0.424 e. The van der Waals surface area contributed by atoms with Gasteiger partial charge in [0.1, 0.15) is 28.5 Å². The predicted octanol–water partition coefficient (Wildman–Crippen LogP) is 5.30. The number of carbonyl (C=O) groups excluding carboxylic acids is 2. The number of rotatable bonds is 11. The van der Waals surface area contributed by atoms with Gasteiger partial charge in [-0.05, 0) is 62.4 Å². The number of nitrogens with two attached hydrogens (primary N) is 1. The van der Waals surface area contributed by atoms with Gasteiger partial charge in [0.2, 0.25) is 11.5 Å². The molecule has 46 heavy (non-hydrogen) atoms. The van der Waals surface area contributed by atoms with Crippen molar-refractivity contribution in [2.45, 2.75) is 38.5 Å². The number of benzene rings is 2. The number of alkyl halides is 5. The van der Waals surface area contributed by atoms with E-state index in [0.29, 0.717) is 0 Å². The molecule has 1 atom stereocenters. The largest absolute Gasteiger partial charge is 0.494 e. The molecule has 0 aliphatic rings. The summed E-state index contributed by atoms with van der Waals surface area (Å²) in [5, 5.41) is 13.3. The lowest BCUT2D eigenvalue weighted by Crippen LogP contribution is -2.51. The van der Waals surface area contributed by atoms with Crippen molar-refractivity contribution in [3.05, 3.63) is 82.4 Å². The van der Waals surface area contributed by atoms with Crippen LogP contribution >= 0.6 is 0 Å². The Morgan fingerprint density at radius 2 is 1.74 bits per heavy atom. The third kappa shape index (κ3) is 6.83. The number of hydrogen-bond donors (Lipinski definition) is 3. The van der Waals surface area contributed by atoms with Gasteiger partial charge in [-0.25, -0.2) is 23.1 Å². The summed E-state index contributed by atoms with van der Waals surface area (Å²) in [6.07, 6.45) is -8.94. The Morgan fingerprint density at radius 1 is 1.07 bits per heavy atom. The molecule has 2 aromatic heterocycles. The van der Waals surface area contributed by atoms with Gasteiger partial charge < -0.3 is 25.6 Å². The van der Waals surface area contributed by atoms with Crippen LogP contribution in [0.5, 0.6) is 11.5 Å². The third-order valence-electron chi connectivity index (χ3n) is 7.05. The highest BCUT2D eigenvalue weighted by Crippen LogP contribution is 2.42. The number of pyridine rings is 2. The van der Waals surface area contributed by atoms with E-state index in [1.54, 1.807) is 6.92 Å². The smallest absolute Gasteiger partial charge is 0.424 e. The number of carbonyl (C=O) groups is 2. The van der Waals surface area contributed by atoms with E-state index in [1.165, 1.54) is 26.2 Å². The van der Waals surface area contributed by atoms with Gasteiger partial charge in [-0.3, -0.25) is 9.59 Å². The van der Waals surface area contributed by atoms with Crippen molar-refractivity contribution in [2.24, 2.45) is 5.73 Å². The van der Waals surface area contributed by atoms with Crippen LogP contribution in [0.25, 0.3) is 22.2 Å². The zero-order valence-electron chi connectivity index (χ0n) is 24.6. The predicted molar refractivity (Wildman–Crippen MR) is 154 cm³/mol. The zero-order chi connectivity index (χ0) is 34.0. The van der Waals surface area contributed by atoms with Gasteiger partial charge in [0.05, 0.1) is 32.4 Å². The lowest BCUT2D eigenvalue weighted by molar-refractivity contribution is -0.265. The highest BCUT2D eigenvalue weighted by molar-refractivity contribution is 6.00. The van der Waals surface area contributed by atoms with Gasteiger partial charge in [-0.2, -0.15) is 13.2 Å². The van der Waals surface area contributed by atoms with Crippen LogP contribution in [0.1, 0.15) is 46.2 Å². The summed E-state index contributed by atoms with van der Waals surface area (Å²) in [5.41, 5.74) is -0.341. The van der Waals surface area contributed by atoms with Crippen LogP contribution < -0.4 is 20.5 Å². The zero-order valence-corrected chi connectivity index (χ0v) is 24.6. The number of nitrogens with zero attached hydrogens (tertiary/aromatic N) is 2. The molecule has 4 aromatic rings. The minimum atomic E-state index is -5.45. The lowest BCUT2D eigenvalue weighted by Gasteiger charge is -2.31. The van der Waals surface area contributed by atoms with E-state index < -0.39 is 60.1 Å². The van der Waals surface area contributed by atoms with E-state index in [0.717, 1.165) is 36.4 Å². The molecular weight excluding hydrogens is 622 g/mol. The molecular formula is C31H28F6N4O5. The average Bonchev–Trinajstić information content (AvgIpc) is 2.99. The minimum Gasteiger partial charge on any atom is -0.494 e. The Morgan fingerprint density at radius 3 is 2.30 bits per heavy atom. The van der Waals surface area contributed by atoms with Gasteiger partial charge >= 0.3 is 6.18 Å². The van der Waals surface area contributed by atoms with Crippen molar-refractivity contribution in [3.63, 3.8) is 0 Å². The van der Waals surface area contributed by atoms with Crippen molar-refractivity contribution in [1.29, 1.82) is 0 Å². The number of aryl methyl sites for hydroxylation is 1. The minimum absolute atomic E-state index is 0.00367. The van der Waals surface area contributed by atoms with Gasteiger partial charge in [0, 0.05) is 33.3 Å². The first-order valence-electron chi connectivity index (χ1n) is 13.7. The van der Waals surface area contributed by atoms with Crippen LogP contribution in [-0.4, -0.2) is 53.3 Å². The molecule has 0 saturated heterocycles. The first-order chi connectivity index (χ1) is 21.6. The summed E-state index contributed by atoms with van der Waals surface area (Å²) in [7, 11) is 1.23. The van der Waals surface area contributed by atoms with Crippen LogP contribution in [-0.2, 0) is 16.8 Å². The summed E-state index contributed by atoms with van der Waals surface area (Å²) in [5.74, 6) is -2.82. The second-order valence-corrected chi connectivity index (χ2v) is 10.2. The number of aromatic nitrogens is 2. The molecule has 0 saturated carbocycles. The third-order valence-corrected chi connectivity index (χ3v) is 7.05. The molecule has 0 bridgehead atoms. The Balaban J connectivity index is 1.81. The van der Waals surface area contributed by atoms with E-state index in [1.807, 2.05) is 5.32 Å². The maximum atomic E-state index is 14.6. The number of ether oxygens (including phenoxy) is 2. The first-order valence-corrected chi connectivity index (χ1v) is 13.7. The van der Waals surface area contributed by atoms with Crippen LogP contribution in [0.2, 0.25) is 0 Å². The number of hydrogen-bond acceptors (Lipinski definition) is 7. The van der Waals surface area contributed by atoms with Crippen molar-refractivity contribution >= 4 is 22.7 Å². The molecule has 9 nitrogen and oxygen atoms in total. The summed E-state index contributed by atoms with van der Waals surface area (Å²) < 4.78 is 95.4. The molecule has 0 aliphatic carbocycles. The Kier molecular flexibility index (Phi) is 9.75. The Bertz CT molecular complexity index is 1780. The van der Waals surface area contributed by atoms with E-state index in [9.17, 15) is 41.0 Å². The number of primary amides is 1. The second kappa shape index (κ2) is 13.2. The van der Waals surface area contributed by atoms with E-state index >= 15 is 0 Å². The number of halogens is 6. The Labute approximate surface area is 258 Å². The normalized spacial score (nSPS) is 13.0. The van der Waals surface area contributed by atoms with Crippen molar-refractivity contribution < 1.29 is 50.5 Å². The summed E-state index contributed by atoms with van der Waals surface area (Å²) in [4.78, 5) is 33.2. The fraction of sp³-hybridized carbons (Fsp3) is 0.290. The molecule has 0 spiro atoms. The number of amides is 2. The highest BCUT2D eigenvalue weighted by Gasteiger charge is 2.56. The molecule has 0 aliphatic heterocycles. The number of methoxy groups -OCH3 is 1. The van der Waals surface area contributed by atoms with Crippen LogP contribution in [0, 0.1) is 12.7 Å². The number of fused-ring (bicyclic) bond motifs is 1. The fourth-order valence-electron chi connectivity index (χ4n) is 4.74. The van der Waals surface area contributed by atoms with Gasteiger partial charge in [0.25, 0.3) is 12.3 Å². The monoisotopic (exact) mass is 650 g/mol. The molecule has 244 valence electrons. The van der Waals surface area contributed by atoms with Gasteiger partial charge in [-0.1, -0.05) is 0 Å². The van der Waals surface area contributed by atoms with E-state index in [2.05, 4.69) is 9.97 Å². The summed E-state index contributed by atoms with van der Waals surface area (Å²) >= 11 is 0. The van der Waals surface area contributed by atoms with Gasteiger partial charge in [-0.15, -0.1) is 0 Å². The van der Waals surface area contributed by atoms with Crippen LogP contribution in [0.15, 0.2) is 48.5 Å². The van der Waals surface area contributed by atoms with E-state index in [4.69, 9.17) is 15.2 Å². The van der Waals surface area contributed by atoms with Crippen LogP contribution in [0.4, 0.5) is 26.3 Å². The van der Waals surface area contributed by atoms with Crippen molar-refractivity contribution in [1.82, 2.24) is 15.3 Å². The van der Waals surface area contributed by atoms with Crippen molar-refractivity contribution in [2.75, 3.05) is 20.3 Å². The molecule has 4 N–H and O–H groups in total. The molecule has 15 heteroatoms. The highest BCUT2D eigenvalue weighted by atomic mass is 19.4. The molecule has 2 aromatic carbocycles. The van der Waals surface area contributed by atoms with Crippen molar-refractivity contribution in [3.8, 4) is 22.8 Å². The fourth-order valence-corrected chi connectivity index (χ4v) is 4.74. The summed E-state index contributed by atoms with van der Waals surface area (Å²) in [6, 6.07) is 8.68. The standard InChI is InChI=1S/C31H28F6N4O5/c1-4-46-27-18(13-24(38)42)12-23(41-26(27)16-5-7-20(32)8-6-16)30(44,31(35,36)37)14-39-29(43)19-9-17-10-21(28(33)34)15(2)40-25(17)22(11-19)45-3/h5-12,28,44H,4,13-14H2,1-3H3,(H2,38,42)(H,39,43)/t30-/m0/s1. The number of aliphatic hydroxyl groups is 1. The number of nitrogens with one attached hydrogen (secondary N) is 1. The average molecular weight is 651 g/mol. The molecule has 2 amide bonds. The van der Waals surface area contributed by atoms with E-state index in [-0.39, 0.29) is 57.1 Å². The molecule has 0 fully saturated rings. The molecule has 2 heterocycles. The first kappa shape index (κ1) is 34.0. The molecule has 0 radical (unpaired) electrons. The molecule has 0 unspecified atom stereocenters. The second-order valence-electron chi connectivity index (χ2n) is 10.2. The van der Waals surface area contributed by atoms with Crippen LogP contribution in [0.3, 0.4) is 0 Å². The molecule has 4 rings (SSSR count). The lowest BCUT2D eigenvalue weighted by atomic mass is 9.93. The maximum absolute atomic E-state index is 14.6.